The molecule has 2 aromatic carbocycles. The van der Waals surface area contributed by atoms with Gasteiger partial charge >= 0.3 is 0 Å². The SMILES string of the molecule is Cc1ccc(-n2c(SCC(=O)NCc3ccco3)nnc2-c2ccccc2)cc1. The molecule has 29 heavy (non-hydrogen) atoms. The maximum Gasteiger partial charge on any atom is 0.230 e. The first-order valence-electron chi connectivity index (χ1n) is 9.20. The molecule has 0 saturated heterocycles. The summed E-state index contributed by atoms with van der Waals surface area (Å²) in [6.07, 6.45) is 1.59. The third-order valence-corrected chi connectivity index (χ3v) is 5.26. The number of hydrogen-bond acceptors (Lipinski definition) is 5. The van der Waals surface area contributed by atoms with Crippen molar-refractivity contribution in [1.29, 1.82) is 0 Å². The predicted molar refractivity (Wildman–Crippen MR) is 113 cm³/mol. The van der Waals surface area contributed by atoms with Crippen LogP contribution in [-0.2, 0) is 11.3 Å². The lowest BCUT2D eigenvalue weighted by molar-refractivity contribution is -0.118. The molecule has 0 spiro atoms. The van der Waals surface area contributed by atoms with Crippen LogP contribution in [0.5, 0.6) is 0 Å². The van der Waals surface area contributed by atoms with Crippen molar-refractivity contribution >= 4 is 17.7 Å². The largest absolute Gasteiger partial charge is 0.467 e. The number of carbonyl (C=O) groups is 1. The number of nitrogens with one attached hydrogen (secondary N) is 1. The predicted octanol–water partition coefficient (Wildman–Crippen LogP) is 4.24. The molecule has 2 heterocycles. The first-order valence-corrected chi connectivity index (χ1v) is 10.2. The number of nitrogens with zero attached hydrogens (tertiary/aromatic N) is 3. The van der Waals surface area contributed by atoms with E-state index in [4.69, 9.17) is 4.42 Å². The van der Waals surface area contributed by atoms with Crippen molar-refractivity contribution in [2.24, 2.45) is 0 Å². The van der Waals surface area contributed by atoms with Crippen LogP contribution in [0.3, 0.4) is 0 Å². The van der Waals surface area contributed by atoms with Gasteiger partial charge in [0.25, 0.3) is 0 Å². The molecule has 6 nitrogen and oxygen atoms in total. The maximum absolute atomic E-state index is 12.2. The Labute approximate surface area is 173 Å². The number of aryl methyl sites for hydroxylation is 1. The zero-order chi connectivity index (χ0) is 20.1. The van der Waals surface area contributed by atoms with E-state index in [0.29, 0.717) is 11.7 Å². The van der Waals surface area contributed by atoms with E-state index in [1.165, 1.54) is 17.3 Å². The van der Waals surface area contributed by atoms with Crippen LogP contribution in [0.25, 0.3) is 17.1 Å². The summed E-state index contributed by atoms with van der Waals surface area (Å²) in [7, 11) is 0. The van der Waals surface area contributed by atoms with Gasteiger partial charge in [-0.25, -0.2) is 0 Å². The Morgan fingerprint density at radius 2 is 1.83 bits per heavy atom. The van der Waals surface area contributed by atoms with Gasteiger partial charge in [-0.15, -0.1) is 10.2 Å². The molecular formula is C22H20N4O2S. The molecule has 1 N–H and O–H groups in total. The molecule has 0 aliphatic rings. The van der Waals surface area contributed by atoms with Crippen LogP contribution < -0.4 is 5.32 Å². The number of hydrogen-bond donors (Lipinski definition) is 1. The fourth-order valence-electron chi connectivity index (χ4n) is 2.84. The lowest BCUT2D eigenvalue weighted by Crippen LogP contribution is -2.24. The van der Waals surface area contributed by atoms with E-state index in [0.717, 1.165) is 22.8 Å². The van der Waals surface area contributed by atoms with Crippen molar-refractivity contribution < 1.29 is 9.21 Å². The summed E-state index contributed by atoms with van der Waals surface area (Å²) < 4.78 is 7.22. The van der Waals surface area contributed by atoms with Crippen molar-refractivity contribution in [1.82, 2.24) is 20.1 Å². The van der Waals surface area contributed by atoms with Gasteiger partial charge in [0.05, 0.1) is 18.6 Å². The van der Waals surface area contributed by atoms with Crippen LogP contribution >= 0.6 is 11.8 Å². The molecule has 0 fully saturated rings. The minimum absolute atomic E-state index is 0.0916. The normalized spacial score (nSPS) is 10.8. The summed E-state index contributed by atoms with van der Waals surface area (Å²) in [5, 5.41) is 12.3. The molecule has 0 aliphatic heterocycles. The van der Waals surface area contributed by atoms with E-state index in [-0.39, 0.29) is 11.7 Å². The van der Waals surface area contributed by atoms with Crippen molar-refractivity contribution in [2.45, 2.75) is 18.6 Å². The van der Waals surface area contributed by atoms with Crippen LogP contribution in [0.15, 0.2) is 82.6 Å². The quantitative estimate of drug-likeness (QED) is 0.466. The van der Waals surface area contributed by atoms with E-state index >= 15 is 0 Å². The summed E-state index contributed by atoms with van der Waals surface area (Å²) in [6.45, 7) is 2.42. The third kappa shape index (κ3) is 4.57. The van der Waals surface area contributed by atoms with E-state index in [1.807, 2.05) is 60.0 Å². The molecule has 0 aliphatic carbocycles. The molecule has 4 aromatic rings. The molecule has 0 unspecified atom stereocenters. The fourth-order valence-corrected chi connectivity index (χ4v) is 3.63. The third-order valence-electron chi connectivity index (χ3n) is 4.33. The van der Waals surface area contributed by atoms with Gasteiger partial charge in [0.2, 0.25) is 5.91 Å². The molecule has 7 heteroatoms. The molecular weight excluding hydrogens is 384 g/mol. The number of furan rings is 1. The molecule has 0 saturated carbocycles. The topological polar surface area (TPSA) is 73.0 Å². The van der Waals surface area contributed by atoms with Gasteiger partial charge in [-0.05, 0) is 31.2 Å². The minimum atomic E-state index is -0.0916. The van der Waals surface area contributed by atoms with E-state index in [9.17, 15) is 4.79 Å². The Hall–Kier alpha value is -3.32. The first-order chi connectivity index (χ1) is 14.2. The van der Waals surface area contributed by atoms with Gasteiger partial charge in [0.15, 0.2) is 11.0 Å². The highest BCUT2D eigenvalue weighted by atomic mass is 32.2. The standard InChI is InChI=1S/C22H20N4O2S/c1-16-9-11-18(12-10-16)26-21(17-6-3-2-4-7-17)24-25-22(26)29-15-20(27)23-14-19-8-5-13-28-19/h2-13H,14-15H2,1H3,(H,23,27). The van der Waals surface area contributed by atoms with Crippen molar-refractivity contribution in [3.05, 3.63) is 84.3 Å². The maximum atomic E-state index is 12.2. The molecule has 0 bridgehead atoms. The van der Waals surface area contributed by atoms with Gasteiger partial charge in [0.1, 0.15) is 5.76 Å². The number of rotatable bonds is 7. The first kappa shape index (κ1) is 19.0. The molecule has 146 valence electrons. The second-order valence-electron chi connectivity index (χ2n) is 6.49. The van der Waals surface area contributed by atoms with E-state index in [1.54, 1.807) is 12.3 Å². The molecule has 1 amide bonds. The molecule has 2 aromatic heterocycles. The van der Waals surface area contributed by atoms with E-state index in [2.05, 4.69) is 27.6 Å². The average molecular weight is 404 g/mol. The van der Waals surface area contributed by atoms with Gasteiger partial charge in [-0.2, -0.15) is 0 Å². The Morgan fingerprint density at radius 1 is 1.03 bits per heavy atom. The lowest BCUT2D eigenvalue weighted by atomic mass is 10.2. The molecule has 0 atom stereocenters. The Bertz CT molecular complexity index is 1070. The van der Waals surface area contributed by atoms with Crippen molar-refractivity contribution in [3.63, 3.8) is 0 Å². The molecule has 4 rings (SSSR count). The average Bonchev–Trinajstić information content (AvgIpc) is 3.42. The van der Waals surface area contributed by atoms with Crippen LogP contribution in [0, 0.1) is 6.92 Å². The highest BCUT2D eigenvalue weighted by Crippen LogP contribution is 2.28. The van der Waals surface area contributed by atoms with Crippen LogP contribution in [-0.4, -0.2) is 26.4 Å². The van der Waals surface area contributed by atoms with Crippen molar-refractivity contribution in [3.8, 4) is 17.1 Å². The summed E-state index contributed by atoms with van der Waals surface area (Å²) in [5.74, 6) is 1.61. The second kappa shape index (κ2) is 8.79. The number of benzene rings is 2. The lowest BCUT2D eigenvalue weighted by Gasteiger charge is -2.11. The van der Waals surface area contributed by atoms with Crippen molar-refractivity contribution in [2.75, 3.05) is 5.75 Å². The fraction of sp³-hybridized carbons (Fsp3) is 0.136. The number of thioether (sulfide) groups is 1. The van der Waals surface area contributed by atoms with Crippen LogP contribution in [0.4, 0.5) is 0 Å². The Morgan fingerprint density at radius 3 is 2.55 bits per heavy atom. The monoisotopic (exact) mass is 404 g/mol. The highest BCUT2D eigenvalue weighted by Gasteiger charge is 2.17. The number of aromatic nitrogens is 3. The zero-order valence-corrected chi connectivity index (χ0v) is 16.7. The zero-order valence-electron chi connectivity index (χ0n) is 15.9. The van der Waals surface area contributed by atoms with Crippen LogP contribution in [0.2, 0.25) is 0 Å². The summed E-state index contributed by atoms with van der Waals surface area (Å²) in [4.78, 5) is 12.2. The Balaban J connectivity index is 1.55. The Kier molecular flexibility index (Phi) is 5.76. The second-order valence-corrected chi connectivity index (χ2v) is 7.43. The van der Waals surface area contributed by atoms with Gasteiger partial charge < -0.3 is 9.73 Å². The minimum Gasteiger partial charge on any atom is -0.467 e. The number of carbonyl (C=O) groups excluding carboxylic acids is 1. The highest BCUT2D eigenvalue weighted by molar-refractivity contribution is 7.99. The summed E-state index contributed by atoms with van der Waals surface area (Å²) in [6, 6.07) is 21.7. The summed E-state index contributed by atoms with van der Waals surface area (Å²) in [5.41, 5.74) is 3.10. The molecule has 0 radical (unpaired) electrons. The van der Waals surface area contributed by atoms with Crippen LogP contribution in [0.1, 0.15) is 11.3 Å². The van der Waals surface area contributed by atoms with E-state index < -0.39 is 0 Å². The summed E-state index contributed by atoms with van der Waals surface area (Å²) >= 11 is 1.35. The van der Waals surface area contributed by atoms with Gasteiger partial charge in [-0.1, -0.05) is 59.8 Å². The van der Waals surface area contributed by atoms with Gasteiger partial charge in [0, 0.05) is 11.3 Å². The smallest absolute Gasteiger partial charge is 0.230 e. The number of amides is 1. The van der Waals surface area contributed by atoms with Gasteiger partial charge in [-0.3, -0.25) is 9.36 Å².